The monoisotopic (exact) mass is 719 g/mol. The van der Waals surface area contributed by atoms with Crippen LogP contribution in [0, 0.1) is 0 Å². The zero-order valence-electron chi connectivity index (χ0n) is 21.9. The van der Waals surface area contributed by atoms with E-state index in [-0.39, 0.29) is 39.3 Å². The summed E-state index contributed by atoms with van der Waals surface area (Å²) in [5, 5.41) is 39.6. The largest absolute Gasteiger partial charge is 0.469 e. The molecule has 5 heterocycles. The van der Waals surface area contributed by atoms with Gasteiger partial charge in [0.25, 0.3) is 5.56 Å². The van der Waals surface area contributed by atoms with E-state index < -0.39 is 89.2 Å². The quantitative estimate of drug-likeness (QED) is 0.106. The first-order valence-electron chi connectivity index (χ1n) is 12.1. The zero-order valence-corrected chi connectivity index (χ0v) is 23.7. The van der Waals surface area contributed by atoms with E-state index >= 15 is 0 Å². The number of anilines is 1. The van der Waals surface area contributed by atoms with Crippen LogP contribution in [0.3, 0.4) is 0 Å². The van der Waals surface area contributed by atoms with Gasteiger partial charge >= 0.3 is 21.3 Å². The Labute approximate surface area is 265 Å². The lowest BCUT2D eigenvalue weighted by atomic mass is 10.1. The summed E-state index contributed by atoms with van der Waals surface area (Å²) in [6, 6.07) is 1.29. The van der Waals surface area contributed by atoms with Gasteiger partial charge in [-0.05, 0) is 6.07 Å². The number of nitrogens with zero attached hydrogens (tertiary/aromatic N) is 5. The molecular formula is C22H39N7O16P2. The summed E-state index contributed by atoms with van der Waals surface area (Å²) < 4.78 is 42.5. The minimum atomic E-state index is -4.74. The van der Waals surface area contributed by atoms with Crippen molar-refractivity contribution >= 4 is 32.6 Å². The molecule has 0 unspecified atom stereocenters. The van der Waals surface area contributed by atoms with Crippen LogP contribution in [0.25, 0.3) is 11.2 Å². The molecule has 11 N–H and O–H groups in total. The van der Waals surface area contributed by atoms with E-state index in [4.69, 9.17) is 34.8 Å². The number of aliphatic hydroxyl groups excluding tert-OH is 4. The first-order chi connectivity index (χ1) is 20.5. The zero-order chi connectivity index (χ0) is 32.6. The molecule has 25 heteroatoms. The van der Waals surface area contributed by atoms with Gasteiger partial charge in [-0.3, -0.25) is 23.0 Å². The fourth-order valence-corrected chi connectivity index (χ4v) is 4.89. The highest BCUT2D eigenvalue weighted by Crippen LogP contribution is 2.39. The van der Waals surface area contributed by atoms with Crippen LogP contribution in [0.1, 0.15) is 34.7 Å². The van der Waals surface area contributed by atoms with Gasteiger partial charge in [0, 0.05) is 6.20 Å². The van der Waals surface area contributed by atoms with Gasteiger partial charge in [-0.2, -0.15) is 4.98 Å². The van der Waals surface area contributed by atoms with Crippen LogP contribution in [0.5, 0.6) is 0 Å². The van der Waals surface area contributed by atoms with Crippen molar-refractivity contribution in [1.82, 2.24) is 29.1 Å². The summed E-state index contributed by atoms with van der Waals surface area (Å²) in [5.74, 6) is -0.0225. The molecule has 8 atom stereocenters. The second kappa shape index (κ2) is 16.4. The minimum Gasteiger partial charge on any atom is -0.387 e. The SMILES string of the molecule is C.C.C.Nc1ccn([C@@H]2O[C@H](COP(=O)(O)O)[C@@H](O)[C@H]2O)c(=O)n1.O=c1[nH]cnc2c1ncn2[C@@H]1O[C@H](COP(=O)(O)O)[C@@H](O)[C@H]1O. The standard InChI is InChI=1S/C10H13N4O8P.C9H14N3O8P.3CH4/c15-6-4(1-21-23(18,19)20)22-10(7(6)16)14-3-13-5-8(14)11-2-12-9(5)17;10-5-1-2-12(9(15)11-5)8-7(14)6(13)4(20-8)3-19-21(16,17)18;;;/h2-4,6-7,10,15-16H,1H2,(H,11,12,17)(H2,18,19,20);1-2,4,6-8,13-14H,3H2,(H2,10,11,15)(H2,16,17,18);3*1H4/t4-,6-,7-,10-;4-,6-,7-,8-;;;/m11.../s1. The fourth-order valence-electron chi connectivity index (χ4n) is 4.20. The van der Waals surface area contributed by atoms with Crippen LogP contribution >= 0.6 is 15.6 Å². The molecule has 0 aromatic carbocycles. The molecule has 5 rings (SSSR count). The molecule has 268 valence electrons. The van der Waals surface area contributed by atoms with Gasteiger partial charge in [0.15, 0.2) is 23.6 Å². The number of nitrogens with one attached hydrogen (secondary N) is 1. The second-order valence-electron chi connectivity index (χ2n) is 9.26. The summed E-state index contributed by atoms with van der Waals surface area (Å²) in [5.41, 5.74) is 4.19. The molecule has 0 radical (unpaired) electrons. The van der Waals surface area contributed by atoms with Crippen molar-refractivity contribution in [3.8, 4) is 0 Å². The summed E-state index contributed by atoms with van der Waals surface area (Å²) in [6.07, 6.45) is -7.12. The summed E-state index contributed by atoms with van der Waals surface area (Å²) in [7, 11) is -9.48. The molecule has 2 saturated heterocycles. The Balaban J connectivity index is 0.000000444. The predicted octanol–water partition coefficient (Wildman–Crippen LogP) is -2.69. The van der Waals surface area contributed by atoms with Crippen LogP contribution in [0.15, 0.2) is 34.5 Å². The third-order valence-corrected chi connectivity index (χ3v) is 7.22. The average molecular weight is 720 g/mol. The van der Waals surface area contributed by atoms with Crippen LogP contribution in [0.2, 0.25) is 0 Å². The average Bonchev–Trinajstić information content (AvgIpc) is 3.57. The van der Waals surface area contributed by atoms with E-state index in [1.807, 2.05) is 0 Å². The Kier molecular flexibility index (Phi) is 14.7. The molecule has 0 saturated carbocycles. The van der Waals surface area contributed by atoms with E-state index in [1.54, 1.807) is 0 Å². The molecule has 2 aliphatic rings. The van der Waals surface area contributed by atoms with E-state index in [0.717, 1.165) is 10.9 Å². The molecule has 0 spiro atoms. The Morgan fingerprint density at radius 2 is 1.32 bits per heavy atom. The Morgan fingerprint density at radius 3 is 1.79 bits per heavy atom. The fraction of sp³-hybridized carbons (Fsp3) is 0.591. The van der Waals surface area contributed by atoms with E-state index in [0.29, 0.717) is 0 Å². The van der Waals surface area contributed by atoms with Gasteiger partial charge in [-0.15, -0.1) is 0 Å². The maximum Gasteiger partial charge on any atom is 0.469 e. The van der Waals surface area contributed by atoms with Gasteiger partial charge in [0.05, 0.1) is 25.9 Å². The van der Waals surface area contributed by atoms with Gasteiger partial charge in [0.2, 0.25) is 0 Å². The number of aromatic amines is 1. The van der Waals surface area contributed by atoms with Crippen LogP contribution in [0.4, 0.5) is 5.82 Å². The van der Waals surface area contributed by atoms with Gasteiger partial charge in [0.1, 0.15) is 42.4 Å². The maximum atomic E-state index is 11.6. The highest BCUT2D eigenvalue weighted by Gasteiger charge is 2.46. The maximum absolute atomic E-state index is 11.6. The molecule has 23 nitrogen and oxygen atoms in total. The van der Waals surface area contributed by atoms with Crippen molar-refractivity contribution in [2.24, 2.45) is 0 Å². The summed E-state index contributed by atoms with van der Waals surface area (Å²) >= 11 is 0. The Bertz CT molecular complexity index is 1670. The lowest BCUT2D eigenvalue weighted by Gasteiger charge is -2.16. The Hall–Kier alpha value is -2.99. The number of ether oxygens (including phenoxy) is 2. The van der Waals surface area contributed by atoms with Crippen LogP contribution < -0.4 is 17.0 Å². The normalized spacial score (nSPS) is 27.2. The van der Waals surface area contributed by atoms with Crippen molar-refractivity contribution in [3.63, 3.8) is 0 Å². The lowest BCUT2D eigenvalue weighted by Crippen LogP contribution is -2.36. The molecule has 2 aliphatic heterocycles. The number of H-pyrrole nitrogens is 1. The second-order valence-corrected chi connectivity index (χ2v) is 11.7. The molecule has 0 bridgehead atoms. The van der Waals surface area contributed by atoms with Crippen molar-refractivity contribution < 1.29 is 67.7 Å². The molecule has 0 amide bonds. The van der Waals surface area contributed by atoms with Crippen molar-refractivity contribution in [2.75, 3.05) is 18.9 Å². The number of hydrogen-bond donors (Lipinski definition) is 10. The predicted molar refractivity (Wildman–Crippen MR) is 159 cm³/mol. The van der Waals surface area contributed by atoms with Gasteiger partial charge in [-0.1, -0.05) is 22.3 Å². The number of phosphoric acid groups is 2. The third kappa shape index (κ3) is 10.0. The molecular weight excluding hydrogens is 680 g/mol. The minimum absolute atomic E-state index is 0. The number of rotatable bonds is 8. The molecule has 3 aromatic heterocycles. The molecule has 0 aliphatic carbocycles. The number of nitrogen functional groups attached to an aromatic ring is 1. The van der Waals surface area contributed by atoms with Crippen molar-refractivity contribution in [3.05, 3.63) is 45.8 Å². The number of phosphoric ester groups is 2. The summed E-state index contributed by atoms with van der Waals surface area (Å²) in [4.78, 5) is 71.4. The van der Waals surface area contributed by atoms with Crippen molar-refractivity contribution in [1.29, 1.82) is 0 Å². The number of fused-ring (bicyclic) bond motifs is 1. The number of hydrogen-bond acceptors (Lipinski definition) is 16. The van der Waals surface area contributed by atoms with Crippen LogP contribution in [-0.4, -0.2) is 119 Å². The highest BCUT2D eigenvalue weighted by molar-refractivity contribution is 7.46. The third-order valence-electron chi connectivity index (χ3n) is 6.25. The Morgan fingerprint density at radius 1 is 0.830 bits per heavy atom. The highest BCUT2D eigenvalue weighted by atomic mass is 31.2. The van der Waals surface area contributed by atoms with E-state index in [2.05, 4.69) is 29.0 Å². The van der Waals surface area contributed by atoms with Crippen molar-refractivity contribution in [2.45, 2.75) is 71.4 Å². The molecule has 47 heavy (non-hydrogen) atoms. The van der Waals surface area contributed by atoms with Gasteiger partial charge in [-0.25, -0.2) is 23.9 Å². The van der Waals surface area contributed by atoms with E-state index in [9.17, 15) is 39.1 Å². The smallest absolute Gasteiger partial charge is 0.387 e. The topological polar surface area (TPSA) is 357 Å². The number of aromatic nitrogens is 6. The number of nitrogens with two attached hydrogens (primary N) is 1. The molecule has 3 aromatic rings. The first kappa shape index (κ1) is 42.0. The van der Waals surface area contributed by atoms with Crippen LogP contribution in [-0.2, 0) is 27.7 Å². The number of aliphatic hydroxyl groups is 4. The summed E-state index contributed by atoms with van der Waals surface area (Å²) in [6.45, 7) is -1.28. The van der Waals surface area contributed by atoms with E-state index in [1.165, 1.54) is 23.2 Å². The lowest BCUT2D eigenvalue weighted by molar-refractivity contribution is -0.0542. The molecule has 2 fully saturated rings. The number of imidazole rings is 1. The first-order valence-corrected chi connectivity index (χ1v) is 15.2. The van der Waals surface area contributed by atoms with Gasteiger partial charge < -0.3 is 60.2 Å².